The van der Waals surface area contributed by atoms with Gasteiger partial charge in [-0.15, -0.1) is 0 Å². The summed E-state index contributed by atoms with van der Waals surface area (Å²) in [7, 11) is 0. The number of aromatic nitrogens is 1. The number of carbonyl (C=O) groups excluding carboxylic acids is 1. The first-order valence-electron chi connectivity index (χ1n) is 5.40. The summed E-state index contributed by atoms with van der Waals surface area (Å²) in [6, 6.07) is 4.01. The summed E-state index contributed by atoms with van der Waals surface area (Å²) < 4.78 is 24.0. The number of ether oxygens (including phenoxy) is 1. The monoisotopic (exact) mass is 249 g/mol. The predicted molar refractivity (Wildman–Crippen MR) is 62.1 cm³/mol. The molecular weight excluding hydrogens is 237 g/mol. The Kier molecular flexibility index (Phi) is 3.41. The smallest absolute Gasteiger partial charge is 0.232 e. The molecule has 0 aliphatic rings. The lowest BCUT2D eigenvalue weighted by Crippen LogP contribution is -1.98. The summed E-state index contributed by atoms with van der Waals surface area (Å²) in [5.74, 6) is 0.586. The summed E-state index contributed by atoms with van der Waals surface area (Å²) in [4.78, 5) is 14.6. The van der Waals surface area contributed by atoms with E-state index in [1.165, 1.54) is 12.1 Å². The van der Waals surface area contributed by atoms with E-state index in [1.54, 1.807) is 6.92 Å². The van der Waals surface area contributed by atoms with Crippen molar-refractivity contribution in [3.63, 3.8) is 0 Å². The molecule has 0 radical (unpaired) electrons. The van der Waals surface area contributed by atoms with Crippen molar-refractivity contribution in [2.75, 3.05) is 0 Å². The van der Waals surface area contributed by atoms with E-state index in [0.29, 0.717) is 17.9 Å². The zero-order chi connectivity index (χ0) is 13.1. The van der Waals surface area contributed by atoms with Crippen LogP contribution in [0.1, 0.15) is 27.7 Å². The third-order valence-electron chi connectivity index (χ3n) is 2.52. The zero-order valence-corrected chi connectivity index (χ0v) is 10.1. The van der Waals surface area contributed by atoms with E-state index in [2.05, 4.69) is 4.98 Å². The number of oxazole rings is 1. The summed E-state index contributed by atoms with van der Waals surface area (Å²) in [6.45, 7) is 3.67. The van der Waals surface area contributed by atoms with E-state index in [4.69, 9.17) is 9.15 Å². The van der Waals surface area contributed by atoms with Crippen molar-refractivity contribution in [1.82, 2.24) is 4.98 Å². The van der Waals surface area contributed by atoms with Crippen molar-refractivity contribution in [3.05, 3.63) is 46.9 Å². The standard InChI is InChI=1S/C13H12FNO3/c1-8-9(2)18-13(15-8)7-17-12-4-3-10(6-16)5-11(12)14/h3-6H,7H2,1-2H3. The van der Waals surface area contributed by atoms with Crippen molar-refractivity contribution in [2.24, 2.45) is 0 Å². The van der Waals surface area contributed by atoms with Crippen LogP contribution in [0.25, 0.3) is 0 Å². The first kappa shape index (κ1) is 12.3. The lowest BCUT2D eigenvalue weighted by molar-refractivity contribution is 0.112. The SMILES string of the molecule is Cc1nc(COc2ccc(C=O)cc2F)oc1C. The van der Waals surface area contributed by atoms with E-state index in [0.717, 1.165) is 11.8 Å². The van der Waals surface area contributed by atoms with Gasteiger partial charge < -0.3 is 9.15 Å². The molecule has 1 aromatic carbocycles. The van der Waals surface area contributed by atoms with Crippen LogP contribution >= 0.6 is 0 Å². The molecule has 0 aliphatic carbocycles. The Hall–Kier alpha value is -2.17. The van der Waals surface area contributed by atoms with Crippen molar-refractivity contribution in [3.8, 4) is 5.75 Å². The maximum absolute atomic E-state index is 13.5. The summed E-state index contributed by atoms with van der Waals surface area (Å²) >= 11 is 0. The summed E-state index contributed by atoms with van der Waals surface area (Å²) in [5.41, 5.74) is 1.05. The molecule has 1 heterocycles. The number of hydrogen-bond acceptors (Lipinski definition) is 4. The lowest BCUT2D eigenvalue weighted by Gasteiger charge is -2.04. The Bertz CT molecular complexity index is 558. The highest BCUT2D eigenvalue weighted by Gasteiger charge is 2.09. The van der Waals surface area contributed by atoms with Gasteiger partial charge in [0.25, 0.3) is 0 Å². The highest BCUT2D eigenvalue weighted by molar-refractivity contribution is 5.74. The molecule has 0 unspecified atom stereocenters. The Balaban J connectivity index is 2.08. The molecule has 94 valence electrons. The highest BCUT2D eigenvalue weighted by Crippen LogP contribution is 2.19. The Labute approximate surface area is 103 Å². The summed E-state index contributed by atoms with van der Waals surface area (Å²) in [5, 5.41) is 0. The third kappa shape index (κ3) is 2.56. The van der Waals surface area contributed by atoms with Crippen LogP contribution in [-0.2, 0) is 6.61 Å². The van der Waals surface area contributed by atoms with Crippen molar-refractivity contribution < 1.29 is 18.3 Å². The highest BCUT2D eigenvalue weighted by atomic mass is 19.1. The molecule has 4 nitrogen and oxygen atoms in total. The molecule has 2 aromatic rings. The van der Waals surface area contributed by atoms with Crippen LogP contribution < -0.4 is 4.74 Å². The molecule has 0 bridgehead atoms. The second kappa shape index (κ2) is 5.00. The molecule has 0 N–H and O–H groups in total. The number of rotatable bonds is 4. The predicted octanol–water partition coefficient (Wildman–Crippen LogP) is 2.82. The van der Waals surface area contributed by atoms with Crippen LogP contribution in [0.5, 0.6) is 5.75 Å². The minimum atomic E-state index is -0.584. The number of aldehydes is 1. The molecule has 5 heteroatoms. The first-order valence-corrected chi connectivity index (χ1v) is 5.40. The van der Waals surface area contributed by atoms with E-state index >= 15 is 0 Å². The van der Waals surface area contributed by atoms with Gasteiger partial charge in [-0.3, -0.25) is 4.79 Å². The van der Waals surface area contributed by atoms with E-state index in [-0.39, 0.29) is 17.9 Å². The second-order valence-electron chi connectivity index (χ2n) is 3.85. The molecular formula is C13H12FNO3. The molecule has 0 saturated heterocycles. The number of nitrogens with zero attached hydrogens (tertiary/aromatic N) is 1. The average Bonchev–Trinajstić information content (AvgIpc) is 2.67. The molecule has 0 saturated carbocycles. The molecule has 2 rings (SSSR count). The van der Waals surface area contributed by atoms with Crippen molar-refractivity contribution >= 4 is 6.29 Å². The molecule has 0 atom stereocenters. The van der Waals surface area contributed by atoms with Crippen LogP contribution in [0.15, 0.2) is 22.6 Å². The van der Waals surface area contributed by atoms with Gasteiger partial charge in [0.2, 0.25) is 5.89 Å². The van der Waals surface area contributed by atoms with Crippen LogP contribution in [0.2, 0.25) is 0 Å². The Morgan fingerprint density at radius 3 is 2.78 bits per heavy atom. The van der Waals surface area contributed by atoms with Gasteiger partial charge in [0, 0.05) is 5.56 Å². The summed E-state index contributed by atoms with van der Waals surface area (Å²) in [6.07, 6.45) is 0.577. The van der Waals surface area contributed by atoms with Gasteiger partial charge >= 0.3 is 0 Å². The van der Waals surface area contributed by atoms with Crippen molar-refractivity contribution in [2.45, 2.75) is 20.5 Å². The van der Waals surface area contributed by atoms with Gasteiger partial charge in [-0.2, -0.15) is 0 Å². The van der Waals surface area contributed by atoms with E-state index < -0.39 is 5.82 Å². The third-order valence-corrected chi connectivity index (χ3v) is 2.52. The van der Waals surface area contributed by atoms with Crippen LogP contribution in [-0.4, -0.2) is 11.3 Å². The van der Waals surface area contributed by atoms with Gasteiger partial charge in [0.05, 0.1) is 5.69 Å². The molecule has 1 aromatic heterocycles. The van der Waals surface area contributed by atoms with Crippen LogP contribution in [0.3, 0.4) is 0 Å². The van der Waals surface area contributed by atoms with E-state index in [1.807, 2.05) is 6.92 Å². The van der Waals surface area contributed by atoms with Crippen LogP contribution in [0, 0.1) is 19.7 Å². The lowest BCUT2D eigenvalue weighted by atomic mass is 10.2. The van der Waals surface area contributed by atoms with E-state index in [9.17, 15) is 9.18 Å². The molecule has 0 aliphatic heterocycles. The number of benzene rings is 1. The first-order chi connectivity index (χ1) is 8.60. The maximum Gasteiger partial charge on any atom is 0.232 e. The van der Waals surface area contributed by atoms with Crippen molar-refractivity contribution in [1.29, 1.82) is 0 Å². The van der Waals surface area contributed by atoms with Crippen LogP contribution in [0.4, 0.5) is 4.39 Å². The number of aryl methyl sites for hydroxylation is 2. The number of hydrogen-bond donors (Lipinski definition) is 0. The van der Waals surface area contributed by atoms with Gasteiger partial charge in [0.1, 0.15) is 12.0 Å². The van der Waals surface area contributed by atoms with Gasteiger partial charge in [-0.1, -0.05) is 0 Å². The largest absolute Gasteiger partial charge is 0.481 e. The minimum absolute atomic E-state index is 0.0477. The fraction of sp³-hybridized carbons (Fsp3) is 0.231. The average molecular weight is 249 g/mol. The molecule has 0 amide bonds. The molecule has 0 spiro atoms. The Morgan fingerprint density at radius 2 is 2.22 bits per heavy atom. The molecule has 0 fully saturated rings. The Morgan fingerprint density at radius 1 is 1.44 bits per heavy atom. The fourth-order valence-corrected chi connectivity index (χ4v) is 1.45. The molecule has 18 heavy (non-hydrogen) atoms. The number of halogens is 1. The van der Waals surface area contributed by atoms with Gasteiger partial charge in [-0.05, 0) is 32.0 Å². The fourth-order valence-electron chi connectivity index (χ4n) is 1.45. The van der Waals surface area contributed by atoms with Gasteiger partial charge in [-0.25, -0.2) is 9.37 Å². The zero-order valence-electron chi connectivity index (χ0n) is 10.1. The van der Waals surface area contributed by atoms with Gasteiger partial charge in [0.15, 0.2) is 18.2 Å². The normalized spacial score (nSPS) is 10.4. The quantitative estimate of drug-likeness (QED) is 0.782. The number of carbonyl (C=O) groups is 1. The second-order valence-corrected chi connectivity index (χ2v) is 3.85. The topological polar surface area (TPSA) is 52.3 Å². The minimum Gasteiger partial charge on any atom is -0.481 e. The maximum atomic E-state index is 13.5.